The number of aromatic nitrogens is 4. The number of nitrogens with one attached hydrogen (secondary N) is 1. The quantitative estimate of drug-likeness (QED) is 0.314. The van der Waals surface area contributed by atoms with Crippen LogP contribution in [0.2, 0.25) is 0 Å². The molecule has 32 heavy (non-hydrogen) atoms. The minimum Gasteiger partial charge on any atom is -0.497 e. The van der Waals surface area contributed by atoms with Crippen LogP contribution < -0.4 is 4.74 Å². The molecule has 1 aliphatic rings. The maximum Gasteiger partial charge on any atom is 0.192 e. The van der Waals surface area contributed by atoms with Gasteiger partial charge in [0.25, 0.3) is 0 Å². The highest BCUT2D eigenvalue weighted by Gasteiger charge is 2.23. The van der Waals surface area contributed by atoms with Gasteiger partial charge in [-0.25, -0.2) is 0 Å². The number of ketones is 1. The number of para-hydroxylation sites is 1. The number of rotatable bonds is 8. The minimum atomic E-state index is 0.0603. The lowest BCUT2D eigenvalue weighted by Crippen LogP contribution is -2.17. The number of aromatic amines is 1. The summed E-state index contributed by atoms with van der Waals surface area (Å²) in [6, 6.07) is 15.6. The van der Waals surface area contributed by atoms with Crippen molar-refractivity contribution < 1.29 is 14.3 Å². The van der Waals surface area contributed by atoms with E-state index in [-0.39, 0.29) is 17.6 Å². The summed E-state index contributed by atoms with van der Waals surface area (Å²) in [7, 11) is 1.65. The molecule has 2 aromatic heterocycles. The molecule has 164 valence electrons. The lowest BCUT2D eigenvalue weighted by Gasteiger charge is -2.14. The second-order valence-corrected chi connectivity index (χ2v) is 8.68. The zero-order valence-electron chi connectivity index (χ0n) is 17.8. The molecule has 5 rings (SSSR count). The molecular weight excluding hydrogens is 424 g/mol. The number of hydrogen-bond donors (Lipinski definition) is 1. The van der Waals surface area contributed by atoms with Crippen molar-refractivity contribution in [2.24, 2.45) is 0 Å². The molecule has 1 saturated heterocycles. The summed E-state index contributed by atoms with van der Waals surface area (Å²) in [6.45, 7) is 1.45. The first kappa shape index (κ1) is 20.8. The van der Waals surface area contributed by atoms with E-state index in [1.165, 1.54) is 11.8 Å². The van der Waals surface area contributed by atoms with Gasteiger partial charge in [-0.15, -0.1) is 10.2 Å². The summed E-state index contributed by atoms with van der Waals surface area (Å²) in [5.41, 5.74) is 2.61. The predicted molar refractivity (Wildman–Crippen MR) is 124 cm³/mol. The molecular formula is C24H24N4O3S. The third kappa shape index (κ3) is 4.16. The molecule has 1 aliphatic heterocycles. The van der Waals surface area contributed by atoms with E-state index in [0.29, 0.717) is 12.1 Å². The molecule has 1 atom stereocenters. The van der Waals surface area contributed by atoms with Gasteiger partial charge in [0.1, 0.15) is 5.75 Å². The molecule has 0 spiro atoms. The second-order valence-electron chi connectivity index (χ2n) is 7.74. The fraction of sp³-hybridized carbons (Fsp3) is 0.292. The third-order valence-electron chi connectivity index (χ3n) is 5.70. The second kappa shape index (κ2) is 9.18. The third-order valence-corrected chi connectivity index (χ3v) is 6.66. The van der Waals surface area contributed by atoms with E-state index < -0.39 is 0 Å². The molecule has 1 fully saturated rings. The van der Waals surface area contributed by atoms with Crippen molar-refractivity contribution in [3.63, 3.8) is 0 Å². The average molecular weight is 449 g/mol. The first-order valence-electron chi connectivity index (χ1n) is 10.6. The Hall–Kier alpha value is -3.10. The van der Waals surface area contributed by atoms with Crippen LogP contribution in [0.5, 0.6) is 5.75 Å². The molecule has 0 saturated carbocycles. The number of H-pyrrole nitrogens is 1. The predicted octanol–water partition coefficient (Wildman–Crippen LogP) is 4.59. The van der Waals surface area contributed by atoms with Crippen molar-refractivity contribution in [1.29, 1.82) is 0 Å². The SMILES string of the molecule is COc1ccc(-c2nnc(SCC(=O)c3c[nH]c4ccccc34)n2C[C@@H]2CCCO2)cc1. The topological polar surface area (TPSA) is 82.0 Å². The van der Waals surface area contributed by atoms with Gasteiger partial charge in [0.2, 0.25) is 0 Å². The molecule has 0 amide bonds. The Kier molecular flexibility index (Phi) is 5.96. The van der Waals surface area contributed by atoms with Gasteiger partial charge in [-0.2, -0.15) is 0 Å². The van der Waals surface area contributed by atoms with Crippen LogP contribution in [0.25, 0.3) is 22.3 Å². The number of ether oxygens (including phenoxy) is 2. The number of carbonyl (C=O) groups is 1. The molecule has 0 bridgehead atoms. The summed E-state index contributed by atoms with van der Waals surface area (Å²) in [4.78, 5) is 16.1. The summed E-state index contributed by atoms with van der Waals surface area (Å²) < 4.78 is 13.2. The van der Waals surface area contributed by atoms with Crippen molar-refractivity contribution in [2.45, 2.75) is 30.6 Å². The number of methoxy groups -OCH3 is 1. The van der Waals surface area contributed by atoms with Gasteiger partial charge < -0.3 is 14.5 Å². The fourth-order valence-corrected chi connectivity index (χ4v) is 4.85. The molecule has 0 unspecified atom stereocenters. The Morgan fingerprint density at radius 1 is 1.22 bits per heavy atom. The van der Waals surface area contributed by atoms with Crippen molar-refractivity contribution in [3.8, 4) is 17.1 Å². The van der Waals surface area contributed by atoms with E-state index in [1.807, 2.05) is 48.5 Å². The number of Topliss-reactive ketones (excluding diaryl/α,β-unsaturated/α-hetero) is 1. The highest BCUT2D eigenvalue weighted by molar-refractivity contribution is 7.99. The summed E-state index contributed by atoms with van der Waals surface area (Å²) >= 11 is 1.41. The van der Waals surface area contributed by atoms with Crippen LogP contribution in [0.1, 0.15) is 23.2 Å². The molecule has 1 N–H and O–H groups in total. The number of nitrogens with zero attached hydrogens (tertiary/aromatic N) is 3. The van der Waals surface area contributed by atoms with Crippen molar-refractivity contribution in [3.05, 3.63) is 60.3 Å². The van der Waals surface area contributed by atoms with Crippen molar-refractivity contribution in [1.82, 2.24) is 19.7 Å². The Labute approximate surface area is 190 Å². The number of fused-ring (bicyclic) bond motifs is 1. The monoisotopic (exact) mass is 448 g/mol. The van der Waals surface area contributed by atoms with Gasteiger partial charge in [-0.3, -0.25) is 9.36 Å². The largest absolute Gasteiger partial charge is 0.497 e. The van der Waals surface area contributed by atoms with E-state index in [0.717, 1.165) is 52.6 Å². The highest BCUT2D eigenvalue weighted by Crippen LogP contribution is 2.29. The van der Waals surface area contributed by atoms with Crippen LogP contribution in [0, 0.1) is 0 Å². The highest BCUT2D eigenvalue weighted by atomic mass is 32.2. The molecule has 3 heterocycles. The fourth-order valence-electron chi connectivity index (χ4n) is 4.02. The van der Waals surface area contributed by atoms with Gasteiger partial charge in [0.05, 0.1) is 25.5 Å². The summed E-state index contributed by atoms with van der Waals surface area (Å²) in [5, 5.41) is 10.5. The molecule has 4 aromatic rings. The average Bonchev–Trinajstić information content (AvgIpc) is 3.58. The lowest BCUT2D eigenvalue weighted by molar-refractivity contribution is 0.0953. The zero-order chi connectivity index (χ0) is 21.9. The Balaban J connectivity index is 1.39. The van der Waals surface area contributed by atoms with E-state index in [9.17, 15) is 4.79 Å². The number of benzene rings is 2. The van der Waals surface area contributed by atoms with Crippen molar-refractivity contribution >= 4 is 28.4 Å². The van der Waals surface area contributed by atoms with Gasteiger partial charge in [-0.1, -0.05) is 30.0 Å². The van der Waals surface area contributed by atoms with Crippen LogP contribution >= 0.6 is 11.8 Å². The van der Waals surface area contributed by atoms with Crippen LogP contribution in [-0.2, 0) is 11.3 Å². The number of thioether (sulfide) groups is 1. The van der Waals surface area contributed by atoms with Crippen LogP contribution in [-0.4, -0.2) is 51.1 Å². The van der Waals surface area contributed by atoms with E-state index >= 15 is 0 Å². The normalized spacial score (nSPS) is 16.0. The Morgan fingerprint density at radius 2 is 2.06 bits per heavy atom. The molecule has 0 aliphatic carbocycles. The lowest BCUT2D eigenvalue weighted by atomic mass is 10.1. The van der Waals surface area contributed by atoms with E-state index in [1.54, 1.807) is 13.3 Å². The summed E-state index contributed by atoms with van der Waals surface area (Å²) in [5.74, 6) is 1.90. The van der Waals surface area contributed by atoms with Crippen LogP contribution in [0.3, 0.4) is 0 Å². The van der Waals surface area contributed by atoms with E-state index in [4.69, 9.17) is 9.47 Å². The molecule has 2 aromatic carbocycles. The molecule has 7 nitrogen and oxygen atoms in total. The number of carbonyl (C=O) groups excluding carboxylic acids is 1. The molecule has 8 heteroatoms. The van der Waals surface area contributed by atoms with Crippen LogP contribution in [0.4, 0.5) is 0 Å². The summed E-state index contributed by atoms with van der Waals surface area (Å²) in [6.07, 6.45) is 3.99. The van der Waals surface area contributed by atoms with E-state index in [2.05, 4.69) is 19.7 Å². The Bertz CT molecular complexity index is 1230. The maximum absolute atomic E-state index is 13.0. The first-order valence-corrected chi connectivity index (χ1v) is 11.6. The first-order chi connectivity index (χ1) is 15.7. The van der Waals surface area contributed by atoms with Crippen molar-refractivity contribution in [2.75, 3.05) is 19.5 Å². The smallest absolute Gasteiger partial charge is 0.192 e. The van der Waals surface area contributed by atoms with Crippen LogP contribution in [0.15, 0.2) is 59.9 Å². The van der Waals surface area contributed by atoms with Gasteiger partial charge >= 0.3 is 0 Å². The van der Waals surface area contributed by atoms with Gasteiger partial charge in [0.15, 0.2) is 16.8 Å². The number of hydrogen-bond acceptors (Lipinski definition) is 6. The standard InChI is InChI=1S/C24H24N4O3S/c1-30-17-10-8-16(9-11-17)23-26-27-24(28(23)14-18-5-4-12-31-18)32-15-22(29)20-13-25-21-7-3-2-6-19(20)21/h2-3,6-11,13,18,25H,4-5,12,14-15H2,1H3/t18-/m0/s1. The Morgan fingerprint density at radius 3 is 2.84 bits per heavy atom. The van der Waals surface area contributed by atoms with Gasteiger partial charge in [0, 0.05) is 34.8 Å². The zero-order valence-corrected chi connectivity index (χ0v) is 18.6. The van der Waals surface area contributed by atoms with Gasteiger partial charge in [-0.05, 0) is 43.2 Å². The maximum atomic E-state index is 13.0. The minimum absolute atomic E-state index is 0.0603. The molecule has 0 radical (unpaired) electrons.